The number of benzene rings is 1. The minimum atomic E-state index is -0.517. The molecule has 0 spiro atoms. The summed E-state index contributed by atoms with van der Waals surface area (Å²) in [7, 11) is 0. The highest BCUT2D eigenvalue weighted by Crippen LogP contribution is 2.28. The Hall–Kier alpha value is -2.63. The quantitative estimate of drug-likeness (QED) is 0.913. The van der Waals surface area contributed by atoms with Crippen molar-refractivity contribution in [2.75, 3.05) is 5.32 Å². The summed E-state index contributed by atoms with van der Waals surface area (Å²) in [6.45, 7) is 4.40. The summed E-state index contributed by atoms with van der Waals surface area (Å²) in [5, 5.41) is 2.96. The number of imidazole rings is 1. The second kappa shape index (κ2) is 6.24. The minimum Gasteiger partial charge on any atom is -0.350 e. The fraction of sp³-hybridized carbons (Fsp3) is 0.353. The van der Waals surface area contributed by atoms with Crippen LogP contribution in [0.4, 0.5) is 5.69 Å². The molecular formula is C17H20N4O2. The Bertz CT molecular complexity index is 711. The molecule has 120 valence electrons. The summed E-state index contributed by atoms with van der Waals surface area (Å²) < 4.78 is 0. The van der Waals surface area contributed by atoms with Gasteiger partial charge in [0.2, 0.25) is 5.91 Å². The lowest BCUT2D eigenvalue weighted by Crippen LogP contribution is -2.49. The van der Waals surface area contributed by atoms with Crippen LogP contribution in [-0.4, -0.2) is 32.7 Å². The third-order valence-corrected chi connectivity index (χ3v) is 4.38. The number of hydrogen-bond donors (Lipinski definition) is 2. The maximum atomic E-state index is 12.9. The minimum absolute atomic E-state index is 0.0483. The van der Waals surface area contributed by atoms with E-state index in [9.17, 15) is 9.59 Å². The molecule has 1 aromatic heterocycles. The van der Waals surface area contributed by atoms with Gasteiger partial charge in [0, 0.05) is 18.4 Å². The van der Waals surface area contributed by atoms with E-state index < -0.39 is 6.04 Å². The van der Waals surface area contributed by atoms with Crippen LogP contribution in [0.2, 0.25) is 0 Å². The van der Waals surface area contributed by atoms with Crippen molar-refractivity contribution >= 4 is 17.5 Å². The van der Waals surface area contributed by atoms with Crippen LogP contribution < -0.4 is 5.32 Å². The van der Waals surface area contributed by atoms with E-state index in [0.717, 1.165) is 17.7 Å². The largest absolute Gasteiger partial charge is 0.350 e. The average molecular weight is 312 g/mol. The van der Waals surface area contributed by atoms with Gasteiger partial charge in [-0.2, -0.15) is 0 Å². The molecule has 23 heavy (non-hydrogen) atoms. The van der Waals surface area contributed by atoms with Gasteiger partial charge in [0.1, 0.15) is 11.7 Å². The van der Waals surface area contributed by atoms with Crippen LogP contribution in [0, 0.1) is 5.92 Å². The highest BCUT2D eigenvalue weighted by atomic mass is 16.2. The second-order valence-corrected chi connectivity index (χ2v) is 5.86. The van der Waals surface area contributed by atoms with Crippen LogP contribution >= 0.6 is 0 Å². The number of carbonyl (C=O) groups is 2. The molecular weight excluding hydrogens is 292 g/mol. The van der Waals surface area contributed by atoms with Crippen molar-refractivity contribution in [2.24, 2.45) is 5.92 Å². The molecule has 6 heteroatoms. The number of hydrogen-bond acceptors (Lipinski definition) is 3. The molecule has 0 radical (unpaired) electrons. The van der Waals surface area contributed by atoms with Crippen molar-refractivity contribution in [1.82, 2.24) is 14.9 Å². The van der Waals surface area contributed by atoms with Gasteiger partial charge in [-0.1, -0.05) is 38.5 Å². The number of fused-ring (bicyclic) bond motifs is 1. The van der Waals surface area contributed by atoms with Gasteiger partial charge < -0.3 is 15.2 Å². The lowest BCUT2D eigenvalue weighted by atomic mass is 9.96. The van der Waals surface area contributed by atoms with Crippen LogP contribution in [0.3, 0.4) is 0 Å². The molecule has 0 saturated carbocycles. The first-order valence-electron chi connectivity index (χ1n) is 7.80. The SMILES string of the molecule is CCC(C)C1C(=O)Nc2ccccc2CN1C(=O)c1c[nH]cn1. The Morgan fingerprint density at radius 2 is 2.22 bits per heavy atom. The van der Waals surface area contributed by atoms with E-state index in [-0.39, 0.29) is 17.7 Å². The standard InChI is InChI=1S/C17H20N4O2/c1-3-11(2)15-16(22)20-13-7-5-4-6-12(13)9-21(15)17(23)14-8-18-10-19-14/h4-8,10-11,15H,3,9H2,1-2H3,(H,18,19)(H,20,22). The second-order valence-electron chi connectivity index (χ2n) is 5.86. The highest BCUT2D eigenvalue weighted by molar-refractivity contribution is 6.01. The molecule has 2 N–H and O–H groups in total. The number of aromatic amines is 1. The number of carbonyl (C=O) groups excluding carboxylic acids is 2. The van der Waals surface area contributed by atoms with Crippen LogP contribution in [0.25, 0.3) is 0 Å². The highest BCUT2D eigenvalue weighted by Gasteiger charge is 2.37. The predicted octanol–water partition coefficient (Wildman–Crippen LogP) is 2.42. The topological polar surface area (TPSA) is 78.1 Å². The number of anilines is 1. The molecule has 2 unspecified atom stereocenters. The fourth-order valence-corrected chi connectivity index (χ4v) is 2.92. The van der Waals surface area contributed by atoms with Gasteiger partial charge in [-0.05, 0) is 17.5 Å². The van der Waals surface area contributed by atoms with E-state index >= 15 is 0 Å². The summed E-state index contributed by atoms with van der Waals surface area (Å²) in [5.74, 6) is -0.330. The van der Waals surface area contributed by atoms with Gasteiger partial charge in [0.25, 0.3) is 5.91 Å². The number of rotatable bonds is 3. The number of amides is 2. The van der Waals surface area contributed by atoms with Crippen LogP contribution in [-0.2, 0) is 11.3 Å². The van der Waals surface area contributed by atoms with Crippen molar-refractivity contribution < 1.29 is 9.59 Å². The third-order valence-electron chi connectivity index (χ3n) is 4.38. The molecule has 2 amide bonds. The Morgan fingerprint density at radius 1 is 1.43 bits per heavy atom. The molecule has 0 aliphatic carbocycles. The van der Waals surface area contributed by atoms with Crippen molar-refractivity contribution in [3.05, 3.63) is 48.0 Å². The smallest absolute Gasteiger partial charge is 0.275 e. The molecule has 1 aliphatic heterocycles. The molecule has 0 saturated heterocycles. The zero-order chi connectivity index (χ0) is 16.4. The maximum Gasteiger partial charge on any atom is 0.275 e. The third kappa shape index (κ3) is 2.84. The first kappa shape index (κ1) is 15.3. The van der Waals surface area contributed by atoms with Crippen LogP contribution in [0.1, 0.15) is 36.3 Å². The van der Waals surface area contributed by atoms with Crippen LogP contribution in [0.5, 0.6) is 0 Å². The molecule has 3 rings (SSSR count). The predicted molar refractivity (Wildman–Crippen MR) is 86.8 cm³/mol. The molecule has 2 aromatic rings. The van der Waals surface area contributed by atoms with Gasteiger partial charge in [-0.3, -0.25) is 9.59 Å². The van der Waals surface area contributed by atoms with Crippen LogP contribution in [0.15, 0.2) is 36.8 Å². The van der Waals surface area contributed by atoms with Crippen molar-refractivity contribution in [1.29, 1.82) is 0 Å². The summed E-state index contributed by atoms with van der Waals surface area (Å²) in [6, 6.07) is 7.06. The zero-order valence-electron chi connectivity index (χ0n) is 13.2. The van der Waals surface area contributed by atoms with Crippen molar-refractivity contribution in [3.8, 4) is 0 Å². The summed E-state index contributed by atoms with van der Waals surface area (Å²) in [4.78, 5) is 34.1. The van der Waals surface area contributed by atoms with E-state index in [4.69, 9.17) is 0 Å². The number of nitrogens with one attached hydrogen (secondary N) is 2. The first-order chi connectivity index (χ1) is 11.1. The van der Waals surface area contributed by atoms with Gasteiger partial charge in [-0.25, -0.2) is 4.98 Å². The normalized spacial score (nSPS) is 18.8. The maximum absolute atomic E-state index is 12.9. The van der Waals surface area contributed by atoms with Crippen molar-refractivity contribution in [3.63, 3.8) is 0 Å². The number of para-hydroxylation sites is 1. The molecule has 2 heterocycles. The molecule has 0 fully saturated rings. The summed E-state index contributed by atoms with van der Waals surface area (Å²) in [5.41, 5.74) is 2.02. The summed E-state index contributed by atoms with van der Waals surface area (Å²) in [6.07, 6.45) is 3.83. The molecule has 6 nitrogen and oxygen atoms in total. The van der Waals surface area contributed by atoms with Gasteiger partial charge in [0.05, 0.1) is 6.33 Å². The number of aromatic nitrogens is 2. The molecule has 1 aromatic carbocycles. The van der Waals surface area contributed by atoms with E-state index in [2.05, 4.69) is 15.3 Å². The average Bonchev–Trinajstić information content (AvgIpc) is 3.04. The van der Waals surface area contributed by atoms with E-state index in [1.165, 1.54) is 6.33 Å². The van der Waals surface area contributed by atoms with Gasteiger partial charge in [-0.15, -0.1) is 0 Å². The Balaban J connectivity index is 2.03. The number of nitrogens with zero attached hydrogens (tertiary/aromatic N) is 2. The monoisotopic (exact) mass is 312 g/mol. The lowest BCUT2D eigenvalue weighted by molar-refractivity contribution is -0.122. The van der Waals surface area contributed by atoms with E-state index in [1.807, 2.05) is 38.1 Å². The first-order valence-corrected chi connectivity index (χ1v) is 7.80. The van der Waals surface area contributed by atoms with Crippen molar-refractivity contribution in [2.45, 2.75) is 32.9 Å². The molecule has 2 atom stereocenters. The molecule has 0 bridgehead atoms. The van der Waals surface area contributed by atoms with E-state index in [1.54, 1.807) is 11.1 Å². The summed E-state index contributed by atoms with van der Waals surface area (Å²) >= 11 is 0. The Kier molecular flexibility index (Phi) is 4.14. The Labute approximate surface area is 134 Å². The lowest BCUT2D eigenvalue weighted by Gasteiger charge is -2.31. The van der Waals surface area contributed by atoms with E-state index in [0.29, 0.717) is 12.2 Å². The Morgan fingerprint density at radius 3 is 2.91 bits per heavy atom. The number of H-pyrrole nitrogens is 1. The van der Waals surface area contributed by atoms with Gasteiger partial charge in [0.15, 0.2) is 0 Å². The fourth-order valence-electron chi connectivity index (χ4n) is 2.92. The molecule has 1 aliphatic rings. The van der Waals surface area contributed by atoms with Gasteiger partial charge >= 0.3 is 0 Å². The zero-order valence-corrected chi connectivity index (χ0v) is 13.2.